The molecule has 1 atom stereocenters. The Hall–Kier alpha value is -2.89. The average Bonchev–Trinajstić information content (AvgIpc) is 3.31. The van der Waals surface area contributed by atoms with Crippen molar-refractivity contribution in [3.63, 3.8) is 0 Å². The number of nitrogens with zero attached hydrogens (tertiary/aromatic N) is 2. The van der Waals surface area contributed by atoms with Gasteiger partial charge in [0.05, 0.1) is 5.69 Å². The number of amides is 1. The van der Waals surface area contributed by atoms with Gasteiger partial charge < -0.3 is 24.2 Å². The summed E-state index contributed by atoms with van der Waals surface area (Å²) in [5, 5.41) is 10.4. The molecule has 176 valence electrons. The second-order valence-corrected chi connectivity index (χ2v) is 8.52. The summed E-state index contributed by atoms with van der Waals surface area (Å²) in [4.78, 5) is 40.5. The molecule has 2 aliphatic rings. The molecule has 1 unspecified atom stereocenters. The molecule has 1 fully saturated rings. The van der Waals surface area contributed by atoms with Crippen molar-refractivity contribution in [2.45, 2.75) is 30.8 Å². The second kappa shape index (κ2) is 11.3. The summed E-state index contributed by atoms with van der Waals surface area (Å²) in [6, 6.07) is 7.36. The maximum absolute atomic E-state index is 13.0. The Balaban J connectivity index is 1.73. The zero-order valence-electron chi connectivity index (χ0n) is 18.0. The molecule has 1 aromatic carbocycles. The number of carbonyl (C=O) groups is 3. The molecule has 9 nitrogen and oxygen atoms in total. The highest BCUT2D eigenvalue weighted by atomic mass is 32.2. The van der Waals surface area contributed by atoms with Crippen LogP contribution in [0.3, 0.4) is 0 Å². The van der Waals surface area contributed by atoms with Crippen molar-refractivity contribution in [1.82, 2.24) is 4.90 Å². The van der Waals surface area contributed by atoms with Gasteiger partial charge in [-0.05, 0) is 30.8 Å². The highest BCUT2D eigenvalue weighted by Gasteiger charge is 2.40. The first-order chi connectivity index (χ1) is 15.8. The van der Waals surface area contributed by atoms with E-state index >= 15 is 0 Å². The van der Waals surface area contributed by atoms with Crippen molar-refractivity contribution in [3.05, 3.63) is 47.7 Å². The van der Waals surface area contributed by atoms with Crippen molar-refractivity contribution in [3.8, 4) is 0 Å². The largest absolute Gasteiger partial charge is 0.461 e. The summed E-state index contributed by atoms with van der Waals surface area (Å²) >= 11 is 6.54. The Morgan fingerprint density at radius 3 is 2.73 bits per heavy atom. The highest BCUT2D eigenvalue weighted by Crippen LogP contribution is 2.48. The maximum Gasteiger partial charge on any atom is 0.330 e. The summed E-state index contributed by atoms with van der Waals surface area (Å²) < 4.78 is 15.5. The van der Waals surface area contributed by atoms with Crippen molar-refractivity contribution in [2.24, 2.45) is 0 Å². The van der Waals surface area contributed by atoms with Gasteiger partial charge >= 0.3 is 11.9 Å². The smallest absolute Gasteiger partial charge is 0.330 e. The van der Waals surface area contributed by atoms with E-state index in [0.717, 1.165) is 29.5 Å². The van der Waals surface area contributed by atoms with Gasteiger partial charge in [-0.3, -0.25) is 14.5 Å². The lowest BCUT2D eigenvalue weighted by Crippen LogP contribution is -2.32. The predicted octanol–water partition coefficient (Wildman–Crippen LogP) is 2.34. The van der Waals surface area contributed by atoms with Crippen molar-refractivity contribution in [2.75, 3.05) is 31.2 Å². The molecule has 1 N–H and O–H groups in total. The van der Waals surface area contributed by atoms with Gasteiger partial charge in [0.15, 0.2) is 0 Å². The third-order valence-corrected chi connectivity index (χ3v) is 6.16. The number of ether oxygens (including phenoxy) is 3. The fraction of sp³-hybridized carbons (Fsp3) is 0.364. The molecule has 0 aromatic heterocycles. The number of esters is 2. The van der Waals surface area contributed by atoms with Crippen LogP contribution in [-0.4, -0.2) is 65.4 Å². The number of aliphatic hydroxyl groups is 1. The average molecular weight is 493 g/mol. The van der Waals surface area contributed by atoms with Crippen LogP contribution in [0.4, 0.5) is 5.69 Å². The molecule has 1 saturated heterocycles. The van der Waals surface area contributed by atoms with E-state index in [0.29, 0.717) is 11.6 Å². The summed E-state index contributed by atoms with van der Waals surface area (Å²) in [6.07, 6.45) is 1.47. The summed E-state index contributed by atoms with van der Waals surface area (Å²) in [6.45, 7) is 4.82. The highest BCUT2D eigenvalue weighted by molar-refractivity contribution is 8.03. The number of rotatable bonds is 10. The van der Waals surface area contributed by atoms with Crippen LogP contribution in [0.1, 0.15) is 19.8 Å². The number of carbonyl (C=O) groups excluding carboxylic acids is 3. The second-order valence-electron chi connectivity index (χ2n) is 7.14. The van der Waals surface area contributed by atoms with Gasteiger partial charge in [-0.25, -0.2) is 4.79 Å². The lowest BCUT2D eigenvalue weighted by molar-refractivity contribution is -0.148. The van der Waals surface area contributed by atoms with E-state index in [1.54, 1.807) is 4.90 Å². The molecular weight excluding hydrogens is 468 g/mol. The number of thioether (sulfide) groups is 1. The SMILES string of the molecule is C=CC(=O)OCC(O)COC(=O)CN1C(=C2OC(=S)N(CCCC)C2=O)Sc2ccccc21. The maximum atomic E-state index is 13.0. The summed E-state index contributed by atoms with van der Waals surface area (Å²) in [5.41, 5.74) is 0.719. The molecule has 0 saturated carbocycles. The molecule has 1 amide bonds. The van der Waals surface area contributed by atoms with E-state index in [-0.39, 0.29) is 36.6 Å². The van der Waals surface area contributed by atoms with Gasteiger partial charge in [-0.2, -0.15) is 0 Å². The number of thiocarbonyl (C=S) groups is 1. The van der Waals surface area contributed by atoms with E-state index in [4.69, 9.17) is 26.4 Å². The predicted molar refractivity (Wildman–Crippen MR) is 125 cm³/mol. The third kappa shape index (κ3) is 5.92. The van der Waals surface area contributed by atoms with Crippen molar-refractivity contribution in [1.29, 1.82) is 0 Å². The number of hydrogen-bond donors (Lipinski definition) is 1. The molecule has 11 heteroatoms. The Morgan fingerprint density at radius 1 is 1.27 bits per heavy atom. The fourth-order valence-electron chi connectivity index (χ4n) is 3.05. The van der Waals surface area contributed by atoms with Crippen LogP contribution in [0.2, 0.25) is 0 Å². The van der Waals surface area contributed by atoms with Crippen LogP contribution in [0.5, 0.6) is 0 Å². The van der Waals surface area contributed by atoms with Gasteiger partial charge in [0.25, 0.3) is 11.1 Å². The summed E-state index contributed by atoms with van der Waals surface area (Å²) in [5.74, 6) is -1.60. The molecule has 0 spiro atoms. The zero-order chi connectivity index (χ0) is 24.0. The minimum atomic E-state index is -1.18. The fourth-order valence-corrected chi connectivity index (χ4v) is 4.44. The number of hydrogen-bond acceptors (Lipinski definition) is 10. The van der Waals surface area contributed by atoms with Gasteiger partial charge in [-0.1, -0.05) is 43.8 Å². The monoisotopic (exact) mass is 492 g/mol. The third-order valence-electron chi connectivity index (χ3n) is 4.70. The first-order valence-corrected chi connectivity index (χ1v) is 11.5. The van der Waals surface area contributed by atoms with Crippen LogP contribution in [-0.2, 0) is 28.6 Å². The molecule has 2 heterocycles. The summed E-state index contributed by atoms with van der Waals surface area (Å²) in [7, 11) is 0. The molecule has 2 aliphatic heterocycles. The van der Waals surface area contributed by atoms with Gasteiger partial charge in [0.2, 0.25) is 5.76 Å². The molecule has 1 aromatic rings. The standard InChI is InChI=1S/C22H24N2O7S2/c1-3-5-10-23-20(28)19(31-22(23)32)21-24(15-8-6-7-9-16(15)33-21)11-18(27)30-13-14(25)12-29-17(26)4-2/h4,6-9,14,25H,2-3,5,10-13H2,1H3. The van der Waals surface area contributed by atoms with Crippen molar-refractivity contribution < 1.29 is 33.7 Å². The number of para-hydroxylation sites is 1. The molecule has 0 aliphatic carbocycles. The number of fused-ring (bicyclic) bond motifs is 1. The minimum Gasteiger partial charge on any atom is -0.461 e. The van der Waals surface area contributed by atoms with Gasteiger partial charge in [0.1, 0.15) is 30.9 Å². The van der Waals surface area contributed by atoms with E-state index < -0.39 is 18.0 Å². The molecule has 33 heavy (non-hydrogen) atoms. The van der Waals surface area contributed by atoms with Crippen molar-refractivity contribution >= 4 is 52.7 Å². The lowest BCUT2D eigenvalue weighted by Gasteiger charge is -2.20. The van der Waals surface area contributed by atoms with E-state index in [1.165, 1.54) is 16.7 Å². The lowest BCUT2D eigenvalue weighted by atomic mass is 10.3. The van der Waals surface area contributed by atoms with E-state index in [1.807, 2.05) is 31.2 Å². The van der Waals surface area contributed by atoms with Crippen LogP contribution < -0.4 is 4.90 Å². The topological polar surface area (TPSA) is 106 Å². The van der Waals surface area contributed by atoms with Gasteiger partial charge in [0, 0.05) is 17.5 Å². The normalized spacial score (nSPS) is 18.1. The molecule has 0 radical (unpaired) electrons. The Kier molecular flexibility index (Phi) is 8.48. The quantitative estimate of drug-likeness (QED) is 0.297. The van der Waals surface area contributed by atoms with E-state index in [9.17, 15) is 19.5 Å². The Morgan fingerprint density at radius 2 is 2.00 bits per heavy atom. The van der Waals surface area contributed by atoms with Crippen LogP contribution >= 0.6 is 24.0 Å². The van der Waals surface area contributed by atoms with Crippen LogP contribution in [0.15, 0.2) is 52.6 Å². The minimum absolute atomic E-state index is 0.0708. The van der Waals surface area contributed by atoms with Crippen LogP contribution in [0.25, 0.3) is 0 Å². The number of aliphatic hydroxyl groups excluding tert-OH is 1. The van der Waals surface area contributed by atoms with E-state index in [2.05, 4.69) is 6.58 Å². The number of unbranched alkanes of at least 4 members (excludes halogenated alkanes) is 1. The molecule has 0 bridgehead atoms. The zero-order valence-corrected chi connectivity index (χ0v) is 19.7. The number of benzene rings is 1. The first-order valence-electron chi connectivity index (χ1n) is 10.3. The van der Waals surface area contributed by atoms with Crippen LogP contribution in [0, 0.1) is 0 Å². The molecular formula is C22H24N2O7S2. The Bertz CT molecular complexity index is 995. The van der Waals surface area contributed by atoms with Gasteiger partial charge in [-0.15, -0.1) is 0 Å². The number of anilines is 1. The molecule has 3 rings (SSSR count). The first kappa shape index (κ1) is 24.7. The Labute approximate surface area is 201 Å².